The zero-order valence-electron chi connectivity index (χ0n) is 9.15. The first-order valence-electron chi connectivity index (χ1n) is 5.25. The molecule has 0 atom stereocenters. The van der Waals surface area contributed by atoms with E-state index in [0.717, 1.165) is 25.3 Å². The van der Waals surface area contributed by atoms with Crippen LogP contribution in [0.1, 0.15) is 0 Å². The van der Waals surface area contributed by atoms with Crippen LogP contribution in [0.5, 0.6) is 0 Å². The predicted octanol–water partition coefficient (Wildman–Crippen LogP) is 4.45. The van der Waals surface area contributed by atoms with Crippen molar-refractivity contribution in [3.8, 4) is 10.6 Å². The number of aromatic nitrogens is 1. The summed E-state index contributed by atoms with van der Waals surface area (Å²) < 4.78 is 14.8. The largest absolute Gasteiger partial charge is 0.398 e. The molecule has 1 heterocycles. The molecule has 0 aliphatic rings. The van der Waals surface area contributed by atoms with E-state index in [1.807, 2.05) is 18.2 Å². The van der Waals surface area contributed by atoms with Gasteiger partial charge in [0.2, 0.25) is 0 Å². The van der Waals surface area contributed by atoms with E-state index in [4.69, 9.17) is 5.73 Å². The number of halogens is 2. The quantitative estimate of drug-likeness (QED) is 0.672. The molecule has 1 aromatic heterocycles. The van der Waals surface area contributed by atoms with E-state index in [1.165, 1.54) is 23.5 Å². The lowest BCUT2D eigenvalue weighted by molar-refractivity contribution is 0.630. The molecule has 3 rings (SSSR count). The van der Waals surface area contributed by atoms with Crippen LogP contribution in [0.2, 0.25) is 0 Å². The number of nitrogen functional groups attached to an aromatic ring is 1. The zero-order chi connectivity index (χ0) is 12.7. The molecular formula is C13H8BrFN2S. The van der Waals surface area contributed by atoms with Crippen LogP contribution in [0.25, 0.3) is 20.8 Å². The molecule has 2 N–H and O–H groups in total. The molecule has 2 nitrogen and oxygen atoms in total. The van der Waals surface area contributed by atoms with Crippen LogP contribution in [0, 0.1) is 5.82 Å². The number of fused-ring (bicyclic) bond motifs is 1. The highest BCUT2D eigenvalue weighted by atomic mass is 79.9. The second-order valence-electron chi connectivity index (χ2n) is 3.87. The molecule has 18 heavy (non-hydrogen) atoms. The summed E-state index contributed by atoms with van der Waals surface area (Å²) in [7, 11) is 0. The Morgan fingerprint density at radius 2 is 2.00 bits per heavy atom. The Morgan fingerprint density at radius 3 is 2.78 bits per heavy atom. The van der Waals surface area contributed by atoms with Gasteiger partial charge in [0.25, 0.3) is 0 Å². The average Bonchev–Trinajstić information content (AvgIpc) is 2.75. The average molecular weight is 323 g/mol. The van der Waals surface area contributed by atoms with Gasteiger partial charge in [0.05, 0.1) is 10.2 Å². The number of anilines is 1. The molecule has 3 aromatic rings. The van der Waals surface area contributed by atoms with Crippen LogP contribution in [0.4, 0.5) is 10.1 Å². The normalized spacial score (nSPS) is 11.0. The van der Waals surface area contributed by atoms with Crippen molar-refractivity contribution in [2.45, 2.75) is 0 Å². The topological polar surface area (TPSA) is 38.9 Å². The van der Waals surface area contributed by atoms with Gasteiger partial charge in [-0.3, -0.25) is 0 Å². The van der Waals surface area contributed by atoms with Gasteiger partial charge in [0.1, 0.15) is 10.8 Å². The number of hydrogen-bond acceptors (Lipinski definition) is 3. The number of hydrogen-bond donors (Lipinski definition) is 1. The Balaban J connectivity index is 2.16. The summed E-state index contributed by atoms with van der Waals surface area (Å²) in [4.78, 5) is 4.48. The SMILES string of the molecule is Nc1cc(-c2nc3ccc(F)cc3s2)ccc1Br. The van der Waals surface area contributed by atoms with Gasteiger partial charge in [-0.05, 0) is 46.3 Å². The Kier molecular flexibility index (Phi) is 2.80. The molecule has 0 radical (unpaired) electrons. The number of nitrogens with two attached hydrogens (primary N) is 1. The van der Waals surface area contributed by atoms with E-state index in [-0.39, 0.29) is 5.82 Å². The van der Waals surface area contributed by atoms with E-state index >= 15 is 0 Å². The Morgan fingerprint density at radius 1 is 1.17 bits per heavy atom. The molecule has 0 fully saturated rings. The Labute approximate surface area is 115 Å². The molecule has 0 aliphatic heterocycles. The fraction of sp³-hybridized carbons (Fsp3) is 0. The van der Waals surface area contributed by atoms with E-state index in [9.17, 15) is 4.39 Å². The molecule has 0 aliphatic carbocycles. The summed E-state index contributed by atoms with van der Waals surface area (Å²) in [5, 5.41) is 0.842. The Bertz CT molecular complexity index is 739. The molecule has 0 saturated carbocycles. The molecule has 0 unspecified atom stereocenters. The molecule has 0 saturated heterocycles. The van der Waals surface area contributed by atoms with Gasteiger partial charge in [0.15, 0.2) is 0 Å². The monoisotopic (exact) mass is 322 g/mol. The third-order valence-electron chi connectivity index (χ3n) is 2.59. The second-order valence-corrected chi connectivity index (χ2v) is 5.75. The van der Waals surface area contributed by atoms with Gasteiger partial charge >= 0.3 is 0 Å². The highest BCUT2D eigenvalue weighted by Gasteiger charge is 2.08. The minimum absolute atomic E-state index is 0.243. The van der Waals surface area contributed by atoms with Crippen LogP contribution >= 0.6 is 27.3 Å². The highest BCUT2D eigenvalue weighted by Crippen LogP contribution is 2.33. The summed E-state index contributed by atoms with van der Waals surface area (Å²) in [6.45, 7) is 0. The van der Waals surface area contributed by atoms with Crippen molar-refractivity contribution in [2.24, 2.45) is 0 Å². The highest BCUT2D eigenvalue weighted by molar-refractivity contribution is 9.10. The minimum Gasteiger partial charge on any atom is -0.398 e. The van der Waals surface area contributed by atoms with Gasteiger partial charge in [-0.15, -0.1) is 11.3 Å². The summed E-state index contributed by atoms with van der Waals surface area (Å²) >= 11 is 4.81. The lowest BCUT2D eigenvalue weighted by Gasteiger charge is -2.00. The van der Waals surface area contributed by atoms with Gasteiger partial charge in [-0.1, -0.05) is 6.07 Å². The number of rotatable bonds is 1. The van der Waals surface area contributed by atoms with Crippen molar-refractivity contribution < 1.29 is 4.39 Å². The summed E-state index contributed by atoms with van der Waals surface area (Å²) in [6.07, 6.45) is 0. The van der Waals surface area contributed by atoms with Crippen molar-refractivity contribution in [3.05, 3.63) is 46.7 Å². The molecule has 0 amide bonds. The fourth-order valence-corrected chi connectivity index (χ4v) is 2.93. The van der Waals surface area contributed by atoms with Crippen molar-refractivity contribution in [1.82, 2.24) is 4.98 Å². The maximum absolute atomic E-state index is 13.1. The summed E-state index contributed by atoms with van der Waals surface area (Å²) in [6, 6.07) is 10.3. The van der Waals surface area contributed by atoms with E-state index in [0.29, 0.717) is 5.69 Å². The van der Waals surface area contributed by atoms with Crippen molar-refractivity contribution in [3.63, 3.8) is 0 Å². The van der Waals surface area contributed by atoms with E-state index in [1.54, 1.807) is 6.07 Å². The lowest BCUT2D eigenvalue weighted by Crippen LogP contribution is -1.87. The number of thiazole rings is 1. The predicted molar refractivity (Wildman–Crippen MR) is 77.1 cm³/mol. The number of benzene rings is 2. The summed E-state index contributed by atoms with van der Waals surface area (Å²) in [5.41, 5.74) is 8.26. The maximum Gasteiger partial charge on any atom is 0.124 e. The first-order chi connectivity index (χ1) is 8.63. The van der Waals surface area contributed by atoms with Crippen LogP contribution in [-0.2, 0) is 0 Å². The van der Waals surface area contributed by atoms with Crippen molar-refractivity contribution >= 4 is 43.2 Å². The first kappa shape index (κ1) is 11.6. The van der Waals surface area contributed by atoms with Gasteiger partial charge < -0.3 is 5.73 Å². The molecule has 0 spiro atoms. The van der Waals surface area contributed by atoms with Crippen molar-refractivity contribution in [2.75, 3.05) is 5.73 Å². The third kappa shape index (κ3) is 2.00. The van der Waals surface area contributed by atoms with Crippen LogP contribution in [0.3, 0.4) is 0 Å². The summed E-state index contributed by atoms with van der Waals surface area (Å²) in [5.74, 6) is -0.243. The minimum atomic E-state index is -0.243. The first-order valence-corrected chi connectivity index (χ1v) is 6.86. The Hall–Kier alpha value is -1.46. The van der Waals surface area contributed by atoms with Gasteiger partial charge in [0, 0.05) is 15.7 Å². The third-order valence-corrected chi connectivity index (χ3v) is 4.38. The molecule has 5 heteroatoms. The molecule has 2 aromatic carbocycles. The van der Waals surface area contributed by atoms with E-state index < -0.39 is 0 Å². The van der Waals surface area contributed by atoms with Crippen LogP contribution in [-0.4, -0.2) is 4.98 Å². The van der Waals surface area contributed by atoms with Gasteiger partial charge in [-0.2, -0.15) is 0 Å². The van der Waals surface area contributed by atoms with E-state index in [2.05, 4.69) is 20.9 Å². The van der Waals surface area contributed by atoms with Gasteiger partial charge in [-0.25, -0.2) is 9.37 Å². The maximum atomic E-state index is 13.1. The smallest absolute Gasteiger partial charge is 0.124 e. The molecular weight excluding hydrogens is 315 g/mol. The van der Waals surface area contributed by atoms with Crippen molar-refractivity contribution in [1.29, 1.82) is 0 Å². The van der Waals surface area contributed by atoms with Crippen LogP contribution < -0.4 is 5.73 Å². The number of nitrogens with zero attached hydrogens (tertiary/aromatic N) is 1. The fourth-order valence-electron chi connectivity index (χ4n) is 1.70. The molecule has 90 valence electrons. The standard InChI is InChI=1S/C13H8BrFN2S/c14-9-3-1-7(5-10(9)16)13-17-11-4-2-8(15)6-12(11)18-13/h1-6H,16H2. The lowest BCUT2D eigenvalue weighted by atomic mass is 10.2. The van der Waals surface area contributed by atoms with Crippen LogP contribution in [0.15, 0.2) is 40.9 Å². The second kappa shape index (κ2) is 4.33. The zero-order valence-corrected chi connectivity index (χ0v) is 11.6. The molecule has 0 bridgehead atoms.